The van der Waals surface area contributed by atoms with Crippen LogP contribution < -0.4 is 15.0 Å². The molecule has 3 heterocycles. The number of anilines is 2. The van der Waals surface area contributed by atoms with Gasteiger partial charge < -0.3 is 15.0 Å². The van der Waals surface area contributed by atoms with Crippen molar-refractivity contribution in [3.05, 3.63) is 71.2 Å². The molecule has 4 rings (SSSR count). The lowest BCUT2D eigenvalue weighted by molar-refractivity contribution is 0.102. The van der Waals surface area contributed by atoms with E-state index in [1.165, 1.54) is 24.4 Å². The third kappa shape index (κ3) is 4.33. The maximum Gasteiger partial charge on any atom is 0.278 e. The Morgan fingerprint density at radius 2 is 2.07 bits per heavy atom. The number of rotatable bonds is 6. The number of carbonyl (C=O) groups is 1. The Balaban J connectivity index is 1.42. The average molecular weight is 428 g/mol. The highest BCUT2D eigenvalue weighted by atomic mass is 35.5. The van der Waals surface area contributed by atoms with Gasteiger partial charge in [-0.25, -0.2) is 14.4 Å². The Kier molecular flexibility index (Phi) is 5.76. The molecular formula is C21H19ClFN5O2. The van der Waals surface area contributed by atoms with Gasteiger partial charge in [-0.2, -0.15) is 0 Å². The molecular weight excluding hydrogens is 409 g/mol. The number of aryl methyl sites for hydroxylation is 1. The van der Waals surface area contributed by atoms with E-state index >= 15 is 0 Å². The van der Waals surface area contributed by atoms with Crippen molar-refractivity contribution in [3.8, 4) is 5.75 Å². The maximum absolute atomic E-state index is 13.3. The van der Waals surface area contributed by atoms with Gasteiger partial charge in [0, 0.05) is 24.7 Å². The summed E-state index contributed by atoms with van der Waals surface area (Å²) in [6.45, 7) is 3.05. The van der Waals surface area contributed by atoms with Gasteiger partial charge >= 0.3 is 0 Å². The van der Waals surface area contributed by atoms with Crippen molar-refractivity contribution in [2.45, 2.75) is 19.4 Å². The summed E-state index contributed by atoms with van der Waals surface area (Å²) in [6, 6.07) is 6.12. The molecule has 1 fully saturated rings. The fraction of sp³-hybridized carbons (Fsp3) is 0.238. The topological polar surface area (TPSA) is 80.2 Å². The lowest BCUT2D eigenvalue weighted by Crippen LogP contribution is -2.54. The van der Waals surface area contributed by atoms with Crippen molar-refractivity contribution < 1.29 is 13.9 Å². The van der Waals surface area contributed by atoms with Crippen molar-refractivity contribution in [2.75, 3.05) is 23.3 Å². The third-order valence-corrected chi connectivity index (χ3v) is 4.99. The van der Waals surface area contributed by atoms with E-state index in [0.717, 1.165) is 12.0 Å². The lowest BCUT2D eigenvalue weighted by atomic mass is 10.1. The van der Waals surface area contributed by atoms with Crippen LogP contribution in [0.15, 0.2) is 49.1 Å². The van der Waals surface area contributed by atoms with Gasteiger partial charge in [-0.3, -0.25) is 9.78 Å². The van der Waals surface area contributed by atoms with Crippen molar-refractivity contribution in [3.63, 3.8) is 0 Å². The second kappa shape index (κ2) is 8.62. The second-order valence-electron chi connectivity index (χ2n) is 6.84. The highest BCUT2D eigenvalue weighted by Gasteiger charge is 2.33. The van der Waals surface area contributed by atoms with E-state index in [1.807, 2.05) is 17.9 Å². The van der Waals surface area contributed by atoms with Crippen LogP contribution in [0, 0.1) is 5.82 Å². The Hall–Kier alpha value is -3.26. The number of ether oxygens (including phenoxy) is 1. The number of hydrogen-bond acceptors (Lipinski definition) is 6. The number of carbonyl (C=O) groups excluding carboxylic acids is 1. The molecule has 2 aromatic heterocycles. The first-order valence-corrected chi connectivity index (χ1v) is 9.84. The predicted octanol–water partition coefficient (Wildman–Crippen LogP) is 3.75. The normalized spacial score (nSPS) is 13.6. The van der Waals surface area contributed by atoms with E-state index in [2.05, 4.69) is 20.3 Å². The molecule has 0 spiro atoms. The average Bonchev–Trinajstić information content (AvgIpc) is 2.73. The van der Waals surface area contributed by atoms with Crippen LogP contribution in [0.4, 0.5) is 15.9 Å². The summed E-state index contributed by atoms with van der Waals surface area (Å²) in [5, 5.41) is 2.84. The summed E-state index contributed by atoms with van der Waals surface area (Å²) >= 11 is 5.79. The minimum atomic E-state index is -0.492. The number of pyridine rings is 1. The van der Waals surface area contributed by atoms with Crippen LogP contribution in [0.5, 0.6) is 5.75 Å². The van der Waals surface area contributed by atoms with Crippen molar-refractivity contribution in [1.29, 1.82) is 0 Å². The van der Waals surface area contributed by atoms with Crippen molar-refractivity contribution in [1.82, 2.24) is 15.0 Å². The van der Waals surface area contributed by atoms with E-state index < -0.39 is 5.82 Å². The Labute approximate surface area is 177 Å². The smallest absolute Gasteiger partial charge is 0.278 e. The zero-order valence-electron chi connectivity index (χ0n) is 16.2. The van der Waals surface area contributed by atoms with Gasteiger partial charge in [0.2, 0.25) is 0 Å². The van der Waals surface area contributed by atoms with Crippen LogP contribution in [0.1, 0.15) is 23.0 Å². The monoisotopic (exact) mass is 427 g/mol. The summed E-state index contributed by atoms with van der Waals surface area (Å²) in [5.74, 6) is 0.120. The fourth-order valence-electron chi connectivity index (χ4n) is 3.09. The molecule has 1 aliphatic rings. The molecule has 0 atom stereocenters. The van der Waals surface area contributed by atoms with Crippen molar-refractivity contribution >= 4 is 29.0 Å². The fourth-order valence-corrected chi connectivity index (χ4v) is 3.26. The quantitative estimate of drug-likeness (QED) is 0.645. The minimum absolute atomic E-state index is 0.0122. The van der Waals surface area contributed by atoms with Gasteiger partial charge in [-0.1, -0.05) is 18.5 Å². The third-order valence-electron chi connectivity index (χ3n) is 4.70. The number of amides is 1. The summed E-state index contributed by atoms with van der Waals surface area (Å²) in [6.07, 6.45) is 7.07. The van der Waals surface area contributed by atoms with Gasteiger partial charge in [0.1, 0.15) is 17.7 Å². The number of aromatic nitrogens is 3. The molecule has 0 saturated carbocycles. The molecule has 1 amide bonds. The molecule has 154 valence electrons. The van der Waals surface area contributed by atoms with Crippen LogP contribution in [0.3, 0.4) is 0 Å². The van der Waals surface area contributed by atoms with Gasteiger partial charge in [0.15, 0.2) is 11.5 Å². The largest absolute Gasteiger partial charge is 0.487 e. The number of hydrogen-bond donors (Lipinski definition) is 1. The van der Waals surface area contributed by atoms with Gasteiger partial charge in [-0.15, -0.1) is 0 Å². The lowest BCUT2D eigenvalue weighted by Gasteiger charge is -2.40. The Morgan fingerprint density at radius 3 is 2.83 bits per heavy atom. The summed E-state index contributed by atoms with van der Waals surface area (Å²) in [5.41, 5.74) is 1.85. The van der Waals surface area contributed by atoms with Crippen LogP contribution in [0.2, 0.25) is 5.02 Å². The summed E-state index contributed by atoms with van der Waals surface area (Å²) < 4.78 is 19.1. The highest BCUT2D eigenvalue weighted by Crippen LogP contribution is 2.27. The molecule has 0 radical (unpaired) electrons. The van der Waals surface area contributed by atoms with E-state index in [-0.39, 0.29) is 22.7 Å². The highest BCUT2D eigenvalue weighted by molar-refractivity contribution is 6.30. The second-order valence-corrected chi connectivity index (χ2v) is 7.25. The molecule has 0 unspecified atom stereocenters. The molecule has 3 aromatic rings. The van der Waals surface area contributed by atoms with Crippen LogP contribution >= 0.6 is 11.6 Å². The number of benzene rings is 1. The van der Waals surface area contributed by atoms with Crippen molar-refractivity contribution in [2.24, 2.45) is 0 Å². The molecule has 7 nitrogen and oxygen atoms in total. The van der Waals surface area contributed by atoms with E-state index in [4.69, 9.17) is 16.3 Å². The molecule has 1 aliphatic heterocycles. The first-order valence-electron chi connectivity index (χ1n) is 9.46. The molecule has 1 N–H and O–H groups in total. The number of nitrogens with one attached hydrogen (secondary N) is 1. The van der Waals surface area contributed by atoms with Crippen LogP contribution in [-0.4, -0.2) is 40.1 Å². The standard InChI is InChI=1S/C21H19ClFN5O2/c1-2-13-7-14(10-24-9-13)27-21(29)19-20(26-6-5-25-19)28-11-16(12-28)30-15-3-4-18(23)17(22)8-15/h3-10,16H,2,11-12H2,1H3,(H,27,29). The molecule has 0 bridgehead atoms. The Bertz CT molecular complexity index is 1070. The first kappa shape index (κ1) is 20.0. The molecule has 9 heteroatoms. The predicted molar refractivity (Wildman–Crippen MR) is 112 cm³/mol. The van der Waals surface area contributed by atoms with Gasteiger partial charge in [0.25, 0.3) is 5.91 Å². The zero-order valence-corrected chi connectivity index (χ0v) is 16.9. The summed E-state index contributed by atoms with van der Waals surface area (Å²) in [4.78, 5) is 27.3. The number of halogens is 2. The maximum atomic E-state index is 13.3. The van der Waals surface area contributed by atoms with Crippen LogP contribution in [-0.2, 0) is 6.42 Å². The van der Waals surface area contributed by atoms with Gasteiger partial charge in [-0.05, 0) is 30.2 Å². The summed E-state index contributed by atoms with van der Waals surface area (Å²) in [7, 11) is 0. The Morgan fingerprint density at radius 1 is 1.27 bits per heavy atom. The molecule has 30 heavy (non-hydrogen) atoms. The number of nitrogens with zero attached hydrogens (tertiary/aromatic N) is 4. The minimum Gasteiger partial charge on any atom is -0.487 e. The SMILES string of the molecule is CCc1cncc(NC(=O)c2nccnc2N2CC(Oc3ccc(F)c(Cl)c3)C2)c1. The van der Waals surface area contributed by atoms with Crippen LogP contribution in [0.25, 0.3) is 0 Å². The van der Waals surface area contributed by atoms with E-state index in [0.29, 0.717) is 30.3 Å². The van der Waals surface area contributed by atoms with Gasteiger partial charge in [0.05, 0.1) is 30.0 Å². The molecule has 1 saturated heterocycles. The van der Waals surface area contributed by atoms with E-state index in [9.17, 15) is 9.18 Å². The molecule has 1 aromatic carbocycles. The zero-order chi connectivity index (χ0) is 21.1. The molecule has 0 aliphatic carbocycles. The van der Waals surface area contributed by atoms with E-state index in [1.54, 1.807) is 18.6 Å². The first-order chi connectivity index (χ1) is 14.5.